The van der Waals surface area contributed by atoms with Gasteiger partial charge in [-0.15, -0.1) is 0 Å². The van der Waals surface area contributed by atoms with Crippen molar-refractivity contribution in [2.24, 2.45) is 0 Å². The van der Waals surface area contributed by atoms with Crippen molar-refractivity contribution in [2.45, 2.75) is 99.0 Å². The number of carbonyl (C=O) groups excluding carboxylic acids is 2. The molecule has 0 spiro atoms. The first-order chi connectivity index (χ1) is 13.2. The molecule has 160 valence electrons. The molecule has 4 nitrogen and oxygen atoms in total. The fourth-order valence-electron chi connectivity index (χ4n) is 2.55. The van der Waals surface area contributed by atoms with Gasteiger partial charge in [-0.25, -0.2) is 0 Å². The summed E-state index contributed by atoms with van der Waals surface area (Å²) in [6, 6.07) is 0. The second-order valence-electron chi connectivity index (χ2n) is 7.89. The van der Waals surface area contributed by atoms with E-state index in [2.05, 4.69) is 39.8 Å². The van der Waals surface area contributed by atoms with E-state index < -0.39 is 0 Å². The number of allylic oxidation sites excluding steroid dienone is 5. The van der Waals surface area contributed by atoms with Crippen molar-refractivity contribution in [2.75, 3.05) is 6.61 Å². The Morgan fingerprint density at radius 2 is 1.29 bits per heavy atom. The molecule has 0 N–H and O–H groups in total. The van der Waals surface area contributed by atoms with Gasteiger partial charge in [-0.05, 0) is 86.1 Å². The maximum Gasteiger partial charge on any atom is 0.306 e. The molecule has 0 aromatic carbocycles. The van der Waals surface area contributed by atoms with E-state index in [1.54, 1.807) is 0 Å². The highest BCUT2D eigenvalue weighted by Crippen LogP contribution is 2.11. The zero-order valence-electron chi connectivity index (χ0n) is 18.8. The van der Waals surface area contributed by atoms with Gasteiger partial charge in [-0.3, -0.25) is 9.59 Å². The third-order valence-corrected chi connectivity index (χ3v) is 4.18. The molecular formula is C24H40O4. The Balaban J connectivity index is 3.85. The highest BCUT2D eigenvalue weighted by Gasteiger charge is 2.07. The largest absolute Gasteiger partial charge is 0.463 e. The fraction of sp³-hybridized carbons (Fsp3) is 0.667. The topological polar surface area (TPSA) is 52.6 Å². The van der Waals surface area contributed by atoms with Gasteiger partial charge in [-0.1, -0.05) is 28.9 Å². The Labute approximate surface area is 172 Å². The predicted octanol–water partition coefficient (Wildman–Crippen LogP) is 6.46. The van der Waals surface area contributed by atoms with E-state index >= 15 is 0 Å². The molecule has 0 amide bonds. The molecular weight excluding hydrogens is 352 g/mol. The minimum Gasteiger partial charge on any atom is -0.463 e. The molecule has 0 rings (SSSR count). The summed E-state index contributed by atoms with van der Waals surface area (Å²) in [4.78, 5) is 23.1. The fourth-order valence-corrected chi connectivity index (χ4v) is 2.55. The van der Waals surface area contributed by atoms with Crippen molar-refractivity contribution in [3.63, 3.8) is 0 Å². The summed E-state index contributed by atoms with van der Waals surface area (Å²) in [6.07, 6.45) is 12.7. The standard InChI is InChI=1S/C24H40O4/c1-19(2)11-9-12-21(5)13-10-14-22(6)17-18-27-23(25)15-7-8-16-24(26)28-20(3)4/h11,13,17,20H,7-10,12,14-16,18H2,1-6H3. The van der Waals surface area contributed by atoms with Gasteiger partial charge in [0.25, 0.3) is 0 Å². The van der Waals surface area contributed by atoms with Gasteiger partial charge >= 0.3 is 11.9 Å². The lowest BCUT2D eigenvalue weighted by molar-refractivity contribution is -0.148. The van der Waals surface area contributed by atoms with Crippen LogP contribution >= 0.6 is 0 Å². The van der Waals surface area contributed by atoms with Gasteiger partial charge in [0, 0.05) is 12.8 Å². The van der Waals surface area contributed by atoms with E-state index in [0.717, 1.165) is 25.7 Å². The van der Waals surface area contributed by atoms with Crippen LogP contribution in [0.15, 0.2) is 34.9 Å². The smallest absolute Gasteiger partial charge is 0.306 e. The molecule has 0 radical (unpaired) electrons. The van der Waals surface area contributed by atoms with Gasteiger partial charge in [0.2, 0.25) is 0 Å². The van der Waals surface area contributed by atoms with E-state index in [-0.39, 0.29) is 18.0 Å². The number of ether oxygens (including phenoxy) is 2. The molecule has 0 aliphatic carbocycles. The van der Waals surface area contributed by atoms with Crippen molar-refractivity contribution in [3.8, 4) is 0 Å². The molecule has 0 heterocycles. The van der Waals surface area contributed by atoms with Crippen LogP contribution < -0.4 is 0 Å². The maximum atomic E-state index is 11.7. The van der Waals surface area contributed by atoms with Crippen LogP contribution in [0, 0.1) is 0 Å². The number of hydrogen-bond donors (Lipinski definition) is 0. The van der Waals surface area contributed by atoms with Crippen molar-refractivity contribution in [3.05, 3.63) is 34.9 Å². The maximum absolute atomic E-state index is 11.7. The lowest BCUT2D eigenvalue weighted by Crippen LogP contribution is -2.11. The second kappa shape index (κ2) is 16.1. The Hall–Kier alpha value is -1.84. The molecule has 4 heteroatoms. The van der Waals surface area contributed by atoms with Crippen LogP contribution in [0.3, 0.4) is 0 Å². The predicted molar refractivity (Wildman–Crippen MR) is 116 cm³/mol. The van der Waals surface area contributed by atoms with Crippen molar-refractivity contribution in [1.82, 2.24) is 0 Å². The van der Waals surface area contributed by atoms with E-state index in [1.807, 2.05) is 19.9 Å². The van der Waals surface area contributed by atoms with Crippen LogP contribution in [0.25, 0.3) is 0 Å². The van der Waals surface area contributed by atoms with Crippen molar-refractivity contribution < 1.29 is 19.1 Å². The minimum atomic E-state index is -0.212. The Bertz CT molecular complexity index is 549. The van der Waals surface area contributed by atoms with Crippen molar-refractivity contribution in [1.29, 1.82) is 0 Å². The number of carbonyl (C=O) groups is 2. The van der Waals surface area contributed by atoms with Crippen LogP contribution in [0.5, 0.6) is 0 Å². The first-order valence-corrected chi connectivity index (χ1v) is 10.5. The summed E-state index contributed by atoms with van der Waals surface area (Å²) in [5.74, 6) is -0.417. The molecule has 0 aliphatic rings. The van der Waals surface area contributed by atoms with Gasteiger partial charge in [-0.2, -0.15) is 0 Å². The molecule has 0 bridgehead atoms. The highest BCUT2D eigenvalue weighted by atomic mass is 16.5. The lowest BCUT2D eigenvalue weighted by Gasteiger charge is -2.07. The summed E-state index contributed by atoms with van der Waals surface area (Å²) in [5, 5.41) is 0. The molecule has 0 saturated carbocycles. The number of rotatable bonds is 14. The zero-order valence-corrected chi connectivity index (χ0v) is 18.8. The average molecular weight is 393 g/mol. The third-order valence-electron chi connectivity index (χ3n) is 4.18. The molecule has 28 heavy (non-hydrogen) atoms. The molecule has 0 aromatic heterocycles. The summed E-state index contributed by atoms with van der Waals surface area (Å²) in [7, 11) is 0. The van der Waals surface area contributed by atoms with Crippen molar-refractivity contribution >= 4 is 11.9 Å². The molecule has 0 aliphatic heterocycles. The second-order valence-corrected chi connectivity index (χ2v) is 7.89. The number of unbranched alkanes of at least 4 members (excludes halogenated alkanes) is 1. The Morgan fingerprint density at radius 3 is 1.86 bits per heavy atom. The molecule has 0 unspecified atom stereocenters. The summed E-state index contributed by atoms with van der Waals surface area (Å²) in [6.45, 7) is 12.5. The van der Waals surface area contributed by atoms with Crippen LogP contribution in [0.1, 0.15) is 92.9 Å². The summed E-state index contributed by atoms with van der Waals surface area (Å²) < 4.78 is 10.3. The van der Waals surface area contributed by atoms with E-state index in [4.69, 9.17) is 9.47 Å². The van der Waals surface area contributed by atoms with E-state index in [1.165, 1.54) is 16.7 Å². The highest BCUT2D eigenvalue weighted by molar-refractivity contribution is 5.70. The zero-order chi connectivity index (χ0) is 21.4. The quantitative estimate of drug-likeness (QED) is 0.193. The lowest BCUT2D eigenvalue weighted by atomic mass is 10.1. The first-order valence-electron chi connectivity index (χ1n) is 10.5. The minimum absolute atomic E-state index is 0.0885. The molecule has 0 aromatic rings. The normalized spacial score (nSPS) is 12.1. The average Bonchev–Trinajstić information content (AvgIpc) is 2.57. The Morgan fingerprint density at radius 1 is 0.750 bits per heavy atom. The molecule has 0 atom stereocenters. The molecule has 0 fully saturated rings. The number of hydrogen-bond acceptors (Lipinski definition) is 4. The van der Waals surface area contributed by atoms with Gasteiger partial charge in [0.05, 0.1) is 6.10 Å². The monoisotopic (exact) mass is 392 g/mol. The summed E-state index contributed by atoms with van der Waals surface area (Å²) >= 11 is 0. The van der Waals surface area contributed by atoms with Crippen LogP contribution in [0.2, 0.25) is 0 Å². The van der Waals surface area contributed by atoms with Crippen LogP contribution in [0.4, 0.5) is 0 Å². The van der Waals surface area contributed by atoms with Gasteiger partial charge in [0.1, 0.15) is 6.61 Å². The van der Waals surface area contributed by atoms with Gasteiger partial charge < -0.3 is 9.47 Å². The van der Waals surface area contributed by atoms with E-state index in [0.29, 0.717) is 32.3 Å². The third kappa shape index (κ3) is 17.6. The van der Waals surface area contributed by atoms with Crippen LogP contribution in [-0.4, -0.2) is 24.6 Å². The van der Waals surface area contributed by atoms with E-state index in [9.17, 15) is 9.59 Å². The first kappa shape index (κ1) is 26.2. The SMILES string of the molecule is CC(C)=CCCC(C)=CCCC(C)=CCOC(=O)CCCCC(=O)OC(C)C. The molecule has 0 saturated heterocycles. The van der Waals surface area contributed by atoms with Crippen LogP contribution in [-0.2, 0) is 19.1 Å². The summed E-state index contributed by atoms with van der Waals surface area (Å²) in [5.41, 5.74) is 4.03. The van der Waals surface area contributed by atoms with Gasteiger partial charge in [0.15, 0.2) is 0 Å². The Kier molecular flexibility index (Phi) is 15.1. The number of esters is 2.